The first-order valence-corrected chi connectivity index (χ1v) is 6.57. The molecule has 0 saturated heterocycles. The third kappa shape index (κ3) is 3.98. The van der Waals surface area contributed by atoms with E-state index in [1.165, 1.54) is 18.3 Å². The first-order valence-electron chi connectivity index (χ1n) is 6.57. The monoisotopic (exact) mass is 289 g/mol. The van der Waals surface area contributed by atoms with E-state index in [9.17, 15) is 9.18 Å². The number of nitrogens with one attached hydrogen (secondary N) is 1. The Kier molecular flexibility index (Phi) is 4.81. The summed E-state index contributed by atoms with van der Waals surface area (Å²) in [6.45, 7) is 3.98. The minimum Gasteiger partial charge on any atom is -0.475 e. The summed E-state index contributed by atoms with van der Waals surface area (Å²) in [7, 11) is 0. The minimum atomic E-state index is -0.792. The summed E-state index contributed by atoms with van der Waals surface area (Å²) < 4.78 is 19.0. The molecule has 2 aromatic heterocycles. The molecule has 0 spiro atoms. The highest BCUT2D eigenvalue weighted by Crippen LogP contribution is 2.15. The lowest BCUT2D eigenvalue weighted by Crippen LogP contribution is -2.24. The van der Waals surface area contributed by atoms with Crippen LogP contribution in [-0.4, -0.2) is 22.0 Å². The summed E-state index contributed by atoms with van der Waals surface area (Å²) >= 11 is 0. The maximum absolute atomic E-state index is 13.4. The maximum atomic E-state index is 13.4. The average Bonchev–Trinajstić information content (AvgIpc) is 2.46. The molecular weight excluding hydrogens is 273 g/mol. The predicted octanol–water partition coefficient (Wildman–Crippen LogP) is 2.33. The molecule has 2 heterocycles. The Hall–Kier alpha value is -2.50. The van der Waals surface area contributed by atoms with Crippen molar-refractivity contribution in [2.45, 2.75) is 26.5 Å². The van der Waals surface area contributed by atoms with E-state index in [0.29, 0.717) is 5.88 Å². The SMILES string of the molecule is CC(C)Oc1ncccc1CNC(=O)c1cccnc1F. The molecule has 0 radical (unpaired) electrons. The minimum absolute atomic E-state index is 0.0230. The predicted molar refractivity (Wildman–Crippen MR) is 75.4 cm³/mol. The lowest BCUT2D eigenvalue weighted by molar-refractivity contribution is 0.0945. The van der Waals surface area contributed by atoms with Gasteiger partial charge in [0.1, 0.15) is 0 Å². The Balaban J connectivity index is 2.07. The molecule has 1 amide bonds. The van der Waals surface area contributed by atoms with Crippen LogP contribution in [0.2, 0.25) is 0 Å². The molecule has 0 unspecified atom stereocenters. The summed E-state index contributed by atoms with van der Waals surface area (Å²) in [5.41, 5.74) is 0.636. The Morgan fingerprint density at radius 2 is 2.00 bits per heavy atom. The van der Waals surface area contributed by atoms with Gasteiger partial charge in [0.05, 0.1) is 11.7 Å². The molecule has 0 aliphatic carbocycles. The largest absolute Gasteiger partial charge is 0.475 e. The van der Waals surface area contributed by atoms with Crippen LogP contribution in [0.4, 0.5) is 4.39 Å². The average molecular weight is 289 g/mol. The Morgan fingerprint density at radius 3 is 2.71 bits per heavy atom. The van der Waals surface area contributed by atoms with Crippen molar-refractivity contribution in [3.8, 4) is 5.88 Å². The van der Waals surface area contributed by atoms with Gasteiger partial charge in [-0.2, -0.15) is 4.39 Å². The summed E-state index contributed by atoms with van der Waals surface area (Å²) in [4.78, 5) is 19.5. The molecule has 0 atom stereocenters. The fourth-order valence-electron chi connectivity index (χ4n) is 1.71. The first kappa shape index (κ1) is 14.9. The Morgan fingerprint density at radius 1 is 1.29 bits per heavy atom. The first-order chi connectivity index (χ1) is 10.1. The number of pyridine rings is 2. The van der Waals surface area contributed by atoms with Crippen LogP contribution < -0.4 is 10.1 Å². The van der Waals surface area contributed by atoms with Gasteiger partial charge in [-0.05, 0) is 32.0 Å². The van der Waals surface area contributed by atoms with E-state index in [2.05, 4.69) is 15.3 Å². The normalized spacial score (nSPS) is 10.5. The second-order valence-electron chi connectivity index (χ2n) is 4.66. The Labute approximate surface area is 122 Å². The van der Waals surface area contributed by atoms with E-state index in [1.807, 2.05) is 13.8 Å². The van der Waals surface area contributed by atoms with E-state index < -0.39 is 11.9 Å². The molecule has 2 aromatic rings. The number of carbonyl (C=O) groups is 1. The number of amides is 1. The van der Waals surface area contributed by atoms with Crippen LogP contribution in [0.5, 0.6) is 5.88 Å². The summed E-state index contributed by atoms with van der Waals surface area (Å²) in [5, 5.41) is 2.63. The number of halogens is 1. The molecule has 21 heavy (non-hydrogen) atoms. The molecule has 0 aliphatic heterocycles. The van der Waals surface area contributed by atoms with Crippen molar-refractivity contribution in [1.29, 1.82) is 0 Å². The van der Waals surface area contributed by atoms with Crippen molar-refractivity contribution in [2.24, 2.45) is 0 Å². The standard InChI is InChI=1S/C15H16FN3O2/c1-10(2)21-15-11(5-3-8-18-15)9-19-14(20)12-6-4-7-17-13(12)16/h3-8,10H,9H2,1-2H3,(H,19,20). The molecule has 2 rings (SSSR count). The zero-order chi connectivity index (χ0) is 15.2. The summed E-state index contributed by atoms with van der Waals surface area (Å²) in [5.74, 6) is -0.862. The maximum Gasteiger partial charge on any atom is 0.256 e. The van der Waals surface area contributed by atoms with E-state index in [4.69, 9.17) is 4.74 Å². The molecular formula is C15H16FN3O2. The smallest absolute Gasteiger partial charge is 0.256 e. The van der Waals surface area contributed by atoms with Gasteiger partial charge < -0.3 is 10.1 Å². The topological polar surface area (TPSA) is 64.1 Å². The van der Waals surface area contributed by atoms with Gasteiger partial charge in [-0.15, -0.1) is 0 Å². The van der Waals surface area contributed by atoms with Crippen LogP contribution in [0.25, 0.3) is 0 Å². The lowest BCUT2D eigenvalue weighted by Gasteiger charge is -2.13. The fraction of sp³-hybridized carbons (Fsp3) is 0.267. The van der Waals surface area contributed by atoms with Crippen LogP contribution >= 0.6 is 0 Å². The summed E-state index contributed by atoms with van der Waals surface area (Å²) in [6.07, 6.45) is 2.89. The third-order valence-corrected chi connectivity index (χ3v) is 2.64. The molecule has 6 heteroatoms. The molecule has 1 N–H and O–H groups in total. The molecule has 110 valence electrons. The number of aromatic nitrogens is 2. The van der Waals surface area contributed by atoms with Gasteiger partial charge in [0.25, 0.3) is 5.91 Å². The van der Waals surface area contributed by atoms with Gasteiger partial charge in [-0.3, -0.25) is 4.79 Å². The number of nitrogens with zero attached hydrogens (tertiary/aromatic N) is 2. The van der Waals surface area contributed by atoms with Crippen LogP contribution in [0, 0.1) is 5.95 Å². The number of carbonyl (C=O) groups excluding carboxylic acids is 1. The van der Waals surface area contributed by atoms with Crippen molar-refractivity contribution in [3.63, 3.8) is 0 Å². The zero-order valence-corrected chi connectivity index (χ0v) is 11.8. The van der Waals surface area contributed by atoms with Crippen molar-refractivity contribution in [2.75, 3.05) is 0 Å². The number of hydrogen-bond acceptors (Lipinski definition) is 4. The third-order valence-electron chi connectivity index (χ3n) is 2.64. The molecule has 0 aliphatic rings. The van der Waals surface area contributed by atoms with Crippen molar-refractivity contribution < 1.29 is 13.9 Å². The van der Waals surface area contributed by atoms with Crippen LogP contribution in [0.3, 0.4) is 0 Å². The second-order valence-corrected chi connectivity index (χ2v) is 4.66. The van der Waals surface area contributed by atoms with E-state index in [-0.39, 0.29) is 18.2 Å². The molecule has 0 bridgehead atoms. The number of ether oxygens (including phenoxy) is 1. The van der Waals surface area contributed by atoms with Gasteiger partial charge in [0, 0.05) is 24.5 Å². The number of hydrogen-bond donors (Lipinski definition) is 1. The highest BCUT2D eigenvalue weighted by atomic mass is 19.1. The van der Waals surface area contributed by atoms with Crippen molar-refractivity contribution in [1.82, 2.24) is 15.3 Å². The fourth-order valence-corrected chi connectivity index (χ4v) is 1.71. The van der Waals surface area contributed by atoms with E-state index in [0.717, 1.165) is 5.56 Å². The van der Waals surface area contributed by atoms with Crippen LogP contribution in [-0.2, 0) is 6.54 Å². The molecule has 0 aromatic carbocycles. The molecule has 0 saturated carbocycles. The summed E-state index contributed by atoms with van der Waals surface area (Å²) in [6, 6.07) is 6.44. The van der Waals surface area contributed by atoms with Crippen molar-refractivity contribution >= 4 is 5.91 Å². The molecule has 0 fully saturated rings. The van der Waals surface area contributed by atoms with Crippen molar-refractivity contribution in [3.05, 3.63) is 53.7 Å². The van der Waals surface area contributed by atoms with Crippen LogP contribution in [0.15, 0.2) is 36.7 Å². The molecule has 5 nitrogen and oxygen atoms in total. The van der Waals surface area contributed by atoms with E-state index >= 15 is 0 Å². The second kappa shape index (κ2) is 6.78. The van der Waals surface area contributed by atoms with Gasteiger partial charge in [-0.25, -0.2) is 9.97 Å². The highest BCUT2D eigenvalue weighted by Gasteiger charge is 2.13. The van der Waals surface area contributed by atoms with Gasteiger partial charge in [-0.1, -0.05) is 6.07 Å². The zero-order valence-electron chi connectivity index (χ0n) is 11.8. The van der Waals surface area contributed by atoms with Gasteiger partial charge in [0.2, 0.25) is 11.8 Å². The van der Waals surface area contributed by atoms with Crippen LogP contribution in [0.1, 0.15) is 29.8 Å². The quantitative estimate of drug-likeness (QED) is 0.858. The Bertz CT molecular complexity index is 632. The lowest BCUT2D eigenvalue weighted by atomic mass is 10.2. The number of rotatable bonds is 5. The van der Waals surface area contributed by atoms with E-state index in [1.54, 1.807) is 18.3 Å². The highest BCUT2D eigenvalue weighted by molar-refractivity contribution is 5.94. The van der Waals surface area contributed by atoms with Gasteiger partial charge >= 0.3 is 0 Å². The van der Waals surface area contributed by atoms with Gasteiger partial charge in [0.15, 0.2) is 0 Å².